The van der Waals surface area contributed by atoms with Crippen molar-refractivity contribution in [3.8, 4) is 0 Å². The zero-order valence-corrected chi connectivity index (χ0v) is 24.9. The SMILES string of the molecule is CCCCCCCCCCCC[P+](CCCCCC)(CCCCCC)CCCCCC.[Cl-]. The van der Waals surface area contributed by atoms with Crippen molar-refractivity contribution in [1.82, 2.24) is 0 Å². The predicted octanol–water partition coefficient (Wildman–Crippen LogP) is 8.67. The van der Waals surface area contributed by atoms with Crippen LogP contribution in [0, 0.1) is 0 Å². The van der Waals surface area contributed by atoms with E-state index in [9.17, 15) is 0 Å². The fourth-order valence-electron chi connectivity index (χ4n) is 5.23. The molecule has 0 nitrogen and oxygen atoms in total. The Kier molecular flexibility index (Phi) is 30.5. The smallest absolute Gasteiger partial charge is 0.0594 e. The van der Waals surface area contributed by atoms with Gasteiger partial charge in [-0.2, -0.15) is 0 Å². The summed E-state index contributed by atoms with van der Waals surface area (Å²) in [6.07, 6.45) is 39.1. The Labute approximate surface area is 213 Å². The molecule has 2 heteroatoms. The van der Waals surface area contributed by atoms with Crippen LogP contribution in [0.25, 0.3) is 0 Å². The van der Waals surface area contributed by atoms with Gasteiger partial charge in [-0.05, 0) is 51.4 Å². The Hall–Kier alpha value is 0.720. The Bertz CT molecular complexity index is 300. The molecule has 0 radical (unpaired) electrons. The van der Waals surface area contributed by atoms with E-state index in [0.717, 1.165) is 0 Å². The van der Waals surface area contributed by atoms with Gasteiger partial charge in [0, 0.05) is 7.26 Å². The Balaban J connectivity index is 0. The Morgan fingerprint density at radius 3 is 0.719 bits per heavy atom. The average Bonchev–Trinajstić information content (AvgIpc) is 2.78. The highest BCUT2D eigenvalue weighted by Gasteiger charge is 2.34. The van der Waals surface area contributed by atoms with Crippen molar-refractivity contribution in [2.75, 3.05) is 24.6 Å². The maximum Gasteiger partial charge on any atom is 0.0594 e. The van der Waals surface area contributed by atoms with E-state index in [-0.39, 0.29) is 12.4 Å². The monoisotopic (exact) mass is 490 g/mol. The molecule has 0 aliphatic rings. The largest absolute Gasteiger partial charge is 1.00 e. The third kappa shape index (κ3) is 22.5. The van der Waals surface area contributed by atoms with Gasteiger partial charge in [-0.25, -0.2) is 0 Å². The molecule has 0 spiro atoms. The van der Waals surface area contributed by atoms with E-state index in [1.54, 1.807) is 50.3 Å². The summed E-state index contributed by atoms with van der Waals surface area (Å²) in [6.45, 7) is 9.41. The molecule has 0 saturated carbocycles. The molecule has 196 valence electrons. The van der Waals surface area contributed by atoms with Crippen LogP contribution in [0.3, 0.4) is 0 Å². The van der Waals surface area contributed by atoms with E-state index in [0.29, 0.717) is 0 Å². The molecule has 0 heterocycles. The lowest BCUT2D eigenvalue weighted by Crippen LogP contribution is -3.00. The molecule has 0 aliphatic carbocycles. The van der Waals surface area contributed by atoms with Crippen molar-refractivity contribution in [3.63, 3.8) is 0 Å². The fraction of sp³-hybridized carbons (Fsp3) is 1.00. The summed E-state index contributed by atoms with van der Waals surface area (Å²) in [5.41, 5.74) is 0. The minimum atomic E-state index is -0.691. The molecule has 0 bridgehead atoms. The Morgan fingerprint density at radius 1 is 0.281 bits per heavy atom. The zero-order chi connectivity index (χ0) is 22.9. The highest BCUT2D eigenvalue weighted by molar-refractivity contribution is 7.75. The maximum atomic E-state index is 2.36. The maximum absolute atomic E-state index is 2.36. The van der Waals surface area contributed by atoms with E-state index >= 15 is 0 Å². The molecule has 0 aromatic heterocycles. The number of rotatable bonds is 26. The van der Waals surface area contributed by atoms with Crippen molar-refractivity contribution in [1.29, 1.82) is 0 Å². The van der Waals surface area contributed by atoms with Gasteiger partial charge < -0.3 is 12.4 Å². The Morgan fingerprint density at radius 2 is 0.469 bits per heavy atom. The van der Waals surface area contributed by atoms with Crippen LogP contribution >= 0.6 is 7.26 Å². The summed E-state index contributed by atoms with van der Waals surface area (Å²) in [6, 6.07) is 0. The third-order valence-corrected chi connectivity index (χ3v) is 12.5. The topological polar surface area (TPSA) is 0 Å². The molecule has 0 unspecified atom stereocenters. The fourth-order valence-corrected chi connectivity index (χ4v) is 10.1. The molecule has 0 aliphatic heterocycles. The summed E-state index contributed by atoms with van der Waals surface area (Å²) >= 11 is 0. The molecule has 0 saturated heterocycles. The van der Waals surface area contributed by atoms with Crippen LogP contribution in [0.4, 0.5) is 0 Å². The number of unbranched alkanes of at least 4 members (excludes halogenated alkanes) is 18. The van der Waals surface area contributed by atoms with Crippen LogP contribution < -0.4 is 12.4 Å². The van der Waals surface area contributed by atoms with E-state index in [2.05, 4.69) is 27.7 Å². The third-order valence-electron chi connectivity index (χ3n) is 7.44. The van der Waals surface area contributed by atoms with Crippen molar-refractivity contribution < 1.29 is 12.4 Å². The summed E-state index contributed by atoms with van der Waals surface area (Å²) in [4.78, 5) is 0. The van der Waals surface area contributed by atoms with E-state index < -0.39 is 7.26 Å². The van der Waals surface area contributed by atoms with Gasteiger partial charge in [-0.3, -0.25) is 0 Å². The number of hydrogen-bond acceptors (Lipinski definition) is 0. The quantitative estimate of drug-likeness (QED) is 0.0839. The molecule has 32 heavy (non-hydrogen) atoms. The molecular weight excluding hydrogens is 427 g/mol. The van der Waals surface area contributed by atoms with Gasteiger partial charge in [0.05, 0.1) is 24.6 Å². The van der Waals surface area contributed by atoms with Gasteiger partial charge in [-0.15, -0.1) is 0 Å². The molecule has 0 amide bonds. The van der Waals surface area contributed by atoms with Crippen LogP contribution in [-0.2, 0) is 0 Å². The first-order valence-electron chi connectivity index (χ1n) is 15.1. The van der Waals surface area contributed by atoms with Crippen LogP contribution in [0.2, 0.25) is 0 Å². The van der Waals surface area contributed by atoms with Crippen LogP contribution in [0.5, 0.6) is 0 Å². The van der Waals surface area contributed by atoms with Crippen molar-refractivity contribution >= 4 is 7.26 Å². The second kappa shape index (κ2) is 28.0. The highest BCUT2D eigenvalue weighted by atomic mass is 35.5. The summed E-state index contributed by atoms with van der Waals surface area (Å²) in [7, 11) is -0.691. The lowest BCUT2D eigenvalue weighted by atomic mass is 10.1. The minimum absolute atomic E-state index is 0. The van der Waals surface area contributed by atoms with Gasteiger partial charge in [0.15, 0.2) is 0 Å². The first-order valence-corrected chi connectivity index (χ1v) is 17.6. The zero-order valence-electron chi connectivity index (χ0n) is 23.2. The molecule has 0 N–H and O–H groups in total. The van der Waals surface area contributed by atoms with Crippen LogP contribution in [0.15, 0.2) is 0 Å². The first-order chi connectivity index (χ1) is 15.2. The van der Waals surface area contributed by atoms with E-state index in [1.165, 1.54) is 116 Å². The molecule has 0 aromatic carbocycles. The van der Waals surface area contributed by atoms with Crippen molar-refractivity contribution in [3.05, 3.63) is 0 Å². The standard InChI is InChI=1S/C30H64P.ClH/c1-5-9-13-17-18-19-20-21-22-26-30-31(27-23-14-10-6-2,28-24-15-11-7-3)29-25-16-12-8-4;/h5-30H2,1-4H3;1H/q+1;/p-1. The van der Waals surface area contributed by atoms with E-state index in [4.69, 9.17) is 0 Å². The van der Waals surface area contributed by atoms with Gasteiger partial charge in [0.1, 0.15) is 0 Å². The van der Waals surface area contributed by atoms with Crippen molar-refractivity contribution in [2.45, 2.75) is 169 Å². The summed E-state index contributed by atoms with van der Waals surface area (Å²) in [5.74, 6) is 0. The van der Waals surface area contributed by atoms with Gasteiger partial charge in [0.2, 0.25) is 0 Å². The average molecular weight is 491 g/mol. The van der Waals surface area contributed by atoms with Crippen LogP contribution in [0.1, 0.15) is 169 Å². The van der Waals surface area contributed by atoms with Gasteiger partial charge in [-0.1, -0.05) is 118 Å². The number of hydrogen-bond donors (Lipinski definition) is 0. The first kappa shape index (κ1) is 34.9. The van der Waals surface area contributed by atoms with Crippen molar-refractivity contribution in [2.24, 2.45) is 0 Å². The van der Waals surface area contributed by atoms with Gasteiger partial charge >= 0.3 is 0 Å². The normalized spacial score (nSPS) is 11.6. The summed E-state index contributed by atoms with van der Waals surface area (Å²) in [5, 5.41) is 0. The molecule has 0 atom stereocenters. The van der Waals surface area contributed by atoms with Crippen LogP contribution in [-0.4, -0.2) is 24.6 Å². The summed E-state index contributed by atoms with van der Waals surface area (Å²) < 4.78 is 0. The second-order valence-corrected chi connectivity index (χ2v) is 15.1. The molecule has 0 rings (SSSR count). The second-order valence-electron chi connectivity index (χ2n) is 10.6. The minimum Gasteiger partial charge on any atom is -1.00 e. The van der Waals surface area contributed by atoms with E-state index in [1.807, 2.05) is 0 Å². The lowest BCUT2D eigenvalue weighted by Gasteiger charge is -2.28. The molecule has 0 fully saturated rings. The molecule has 0 aromatic rings. The lowest BCUT2D eigenvalue weighted by molar-refractivity contribution is -0.00000711. The highest BCUT2D eigenvalue weighted by Crippen LogP contribution is 2.61. The number of halogens is 1. The van der Waals surface area contributed by atoms with Gasteiger partial charge in [0.25, 0.3) is 0 Å². The molecular formula is C30H64ClP. The predicted molar refractivity (Wildman–Crippen MR) is 151 cm³/mol.